The minimum atomic E-state index is -0.500. The molecule has 2 N–H and O–H groups in total. The zero-order valence-corrected chi connectivity index (χ0v) is 10.3. The highest BCUT2D eigenvalue weighted by molar-refractivity contribution is 5.76. The third-order valence-electron chi connectivity index (χ3n) is 2.39. The first-order valence-electron chi connectivity index (χ1n) is 5.69. The molecule has 1 aromatic carbocycles. The summed E-state index contributed by atoms with van der Waals surface area (Å²) in [6, 6.07) is 7.65. The van der Waals surface area contributed by atoms with Crippen LogP contribution in [0.1, 0.15) is 18.9 Å². The van der Waals surface area contributed by atoms with E-state index in [0.717, 1.165) is 11.3 Å². The second-order valence-electron chi connectivity index (χ2n) is 4.00. The molecule has 1 aromatic rings. The highest BCUT2D eigenvalue weighted by Gasteiger charge is 2.03. The topological polar surface area (TPSA) is 58.6 Å². The van der Waals surface area contributed by atoms with Crippen LogP contribution in [0.3, 0.4) is 0 Å². The average Bonchev–Trinajstić information content (AvgIpc) is 2.34. The Morgan fingerprint density at radius 2 is 2.06 bits per heavy atom. The Bertz CT molecular complexity index is 346. The highest BCUT2D eigenvalue weighted by atomic mass is 16.5. The van der Waals surface area contributed by atoms with Gasteiger partial charge in [0.25, 0.3) is 0 Å². The molecule has 4 heteroatoms. The quantitative estimate of drug-likeness (QED) is 0.779. The minimum Gasteiger partial charge on any atom is -0.497 e. The van der Waals surface area contributed by atoms with Gasteiger partial charge >= 0.3 is 0 Å². The van der Waals surface area contributed by atoms with Crippen LogP contribution >= 0.6 is 0 Å². The van der Waals surface area contributed by atoms with Crippen molar-refractivity contribution < 1.29 is 14.6 Å². The average molecular weight is 237 g/mol. The van der Waals surface area contributed by atoms with Crippen molar-refractivity contribution in [2.24, 2.45) is 0 Å². The summed E-state index contributed by atoms with van der Waals surface area (Å²) in [6.45, 7) is 1.95. The predicted octanol–water partition coefficient (Wildman–Crippen LogP) is 1.12. The summed E-state index contributed by atoms with van der Waals surface area (Å²) in [5, 5.41) is 11.7. The lowest BCUT2D eigenvalue weighted by Gasteiger charge is -2.07. The van der Waals surface area contributed by atoms with Gasteiger partial charge in [0.05, 0.1) is 13.2 Å². The van der Waals surface area contributed by atoms with Gasteiger partial charge < -0.3 is 15.2 Å². The number of aliphatic hydroxyl groups excluding tert-OH is 1. The first-order valence-corrected chi connectivity index (χ1v) is 5.69. The van der Waals surface area contributed by atoms with Crippen LogP contribution in [0.15, 0.2) is 24.3 Å². The number of hydrogen-bond donors (Lipinski definition) is 2. The van der Waals surface area contributed by atoms with E-state index in [1.807, 2.05) is 24.3 Å². The maximum Gasteiger partial charge on any atom is 0.220 e. The monoisotopic (exact) mass is 237 g/mol. The number of nitrogens with one attached hydrogen (secondary N) is 1. The van der Waals surface area contributed by atoms with E-state index < -0.39 is 6.10 Å². The van der Waals surface area contributed by atoms with Gasteiger partial charge in [0.2, 0.25) is 5.91 Å². The zero-order valence-electron chi connectivity index (χ0n) is 10.3. The number of aliphatic hydroxyl groups is 1. The molecule has 0 aliphatic carbocycles. The van der Waals surface area contributed by atoms with Crippen LogP contribution in [0, 0.1) is 0 Å². The van der Waals surface area contributed by atoms with Crippen molar-refractivity contribution in [3.8, 4) is 5.75 Å². The molecule has 0 spiro atoms. The van der Waals surface area contributed by atoms with E-state index in [1.165, 1.54) is 0 Å². The summed E-state index contributed by atoms with van der Waals surface area (Å²) in [4.78, 5) is 11.4. The summed E-state index contributed by atoms with van der Waals surface area (Å²) < 4.78 is 5.05. The first kappa shape index (κ1) is 13.5. The summed E-state index contributed by atoms with van der Waals surface area (Å²) in [5.74, 6) is 0.772. The Hall–Kier alpha value is -1.55. The number of methoxy groups -OCH3 is 1. The molecule has 4 nitrogen and oxygen atoms in total. The number of hydrogen-bond acceptors (Lipinski definition) is 3. The second-order valence-corrected chi connectivity index (χ2v) is 4.00. The fraction of sp³-hybridized carbons (Fsp3) is 0.462. The fourth-order valence-corrected chi connectivity index (χ4v) is 1.40. The third-order valence-corrected chi connectivity index (χ3v) is 2.39. The standard InChI is InChI=1S/C13H19NO3/c1-10(15)9-14-13(16)8-5-11-3-6-12(17-2)7-4-11/h3-4,6-7,10,15H,5,8-9H2,1-2H3,(H,14,16)/t10-/m1/s1. The van der Waals surface area contributed by atoms with Crippen molar-refractivity contribution in [1.82, 2.24) is 5.32 Å². The van der Waals surface area contributed by atoms with Crippen LogP contribution in [0.5, 0.6) is 5.75 Å². The maximum atomic E-state index is 11.4. The van der Waals surface area contributed by atoms with Crippen LogP contribution < -0.4 is 10.1 Å². The van der Waals surface area contributed by atoms with Crippen LogP contribution in [0.2, 0.25) is 0 Å². The Morgan fingerprint density at radius 1 is 1.41 bits per heavy atom. The van der Waals surface area contributed by atoms with Crippen LogP contribution in [0.4, 0.5) is 0 Å². The molecule has 17 heavy (non-hydrogen) atoms. The molecule has 0 fully saturated rings. The number of carbonyl (C=O) groups is 1. The Labute approximate surface area is 102 Å². The molecular formula is C13H19NO3. The van der Waals surface area contributed by atoms with Crippen molar-refractivity contribution >= 4 is 5.91 Å². The van der Waals surface area contributed by atoms with E-state index in [1.54, 1.807) is 14.0 Å². The number of rotatable bonds is 6. The van der Waals surface area contributed by atoms with E-state index in [9.17, 15) is 4.79 Å². The number of carbonyl (C=O) groups excluding carboxylic acids is 1. The molecule has 0 unspecified atom stereocenters. The van der Waals surface area contributed by atoms with Crippen molar-refractivity contribution in [3.63, 3.8) is 0 Å². The van der Waals surface area contributed by atoms with E-state index >= 15 is 0 Å². The normalized spacial score (nSPS) is 11.9. The molecule has 0 heterocycles. The molecule has 1 atom stereocenters. The van der Waals surface area contributed by atoms with Crippen LogP contribution in [0.25, 0.3) is 0 Å². The summed E-state index contributed by atoms with van der Waals surface area (Å²) in [7, 11) is 1.62. The summed E-state index contributed by atoms with van der Waals surface area (Å²) in [6.07, 6.45) is 0.620. The molecule has 0 saturated carbocycles. The third kappa shape index (κ3) is 5.36. The van der Waals surface area contributed by atoms with E-state index in [-0.39, 0.29) is 5.91 Å². The second kappa shape index (κ2) is 6.91. The van der Waals surface area contributed by atoms with Gasteiger partial charge in [0.1, 0.15) is 5.75 Å². The van der Waals surface area contributed by atoms with Gasteiger partial charge in [0, 0.05) is 13.0 Å². The molecule has 0 radical (unpaired) electrons. The summed E-state index contributed by atoms with van der Waals surface area (Å²) in [5.41, 5.74) is 1.10. The number of benzene rings is 1. The Kier molecular flexibility index (Phi) is 5.49. The number of ether oxygens (including phenoxy) is 1. The predicted molar refractivity (Wildman–Crippen MR) is 66.0 cm³/mol. The van der Waals surface area contributed by atoms with Gasteiger partial charge in [-0.05, 0) is 31.0 Å². The molecule has 0 bridgehead atoms. The molecule has 94 valence electrons. The summed E-state index contributed by atoms with van der Waals surface area (Å²) >= 11 is 0. The molecular weight excluding hydrogens is 218 g/mol. The first-order chi connectivity index (χ1) is 8.11. The van der Waals surface area contributed by atoms with Crippen molar-refractivity contribution in [3.05, 3.63) is 29.8 Å². The van der Waals surface area contributed by atoms with Gasteiger partial charge in [-0.25, -0.2) is 0 Å². The van der Waals surface area contributed by atoms with Gasteiger partial charge in [-0.2, -0.15) is 0 Å². The van der Waals surface area contributed by atoms with Gasteiger partial charge in [-0.15, -0.1) is 0 Å². The highest BCUT2D eigenvalue weighted by Crippen LogP contribution is 2.12. The number of amides is 1. The van der Waals surface area contributed by atoms with Gasteiger partial charge in [-0.3, -0.25) is 4.79 Å². The SMILES string of the molecule is COc1ccc(CCC(=O)NC[C@@H](C)O)cc1. The molecule has 0 aromatic heterocycles. The Morgan fingerprint density at radius 3 is 2.59 bits per heavy atom. The van der Waals surface area contributed by atoms with Crippen molar-refractivity contribution in [1.29, 1.82) is 0 Å². The van der Waals surface area contributed by atoms with Crippen LogP contribution in [-0.4, -0.2) is 30.8 Å². The van der Waals surface area contributed by atoms with Gasteiger partial charge in [0.15, 0.2) is 0 Å². The molecule has 0 aliphatic heterocycles. The molecule has 0 aliphatic rings. The molecule has 0 saturated heterocycles. The van der Waals surface area contributed by atoms with E-state index in [0.29, 0.717) is 19.4 Å². The maximum absolute atomic E-state index is 11.4. The lowest BCUT2D eigenvalue weighted by atomic mass is 10.1. The molecule has 1 rings (SSSR count). The largest absolute Gasteiger partial charge is 0.497 e. The minimum absolute atomic E-state index is 0.0401. The lowest BCUT2D eigenvalue weighted by Crippen LogP contribution is -2.30. The fourth-order valence-electron chi connectivity index (χ4n) is 1.40. The zero-order chi connectivity index (χ0) is 12.7. The van der Waals surface area contributed by atoms with Crippen LogP contribution in [-0.2, 0) is 11.2 Å². The molecule has 1 amide bonds. The van der Waals surface area contributed by atoms with Crippen molar-refractivity contribution in [2.45, 2.75) is 25.9 Å². The van der Waals surface area contributed by atoms with E-state index in [2.05, 4.69) is 5.32 Å². The smallest absolute Gasteiger partial charge is 0.220 e. The number of aryl methyl sites for hydroxylation is 1. The van der Waals surface area contributed by atoms with Crippen molar-refractivity contribution in [2.75, 3.05) is 13.7 Å². The van der Waals surface area contributed by atoms with Gasteiger partial charge in [-0.1, -0.05) is 12.1 Å². The Balaban J connectivity index is 2.31. The van der Waals surface area contributed by atoms with E-state index in [4.69, 9.17) is 9.84 Å². The lowest BCUT2D eigenvalue weighted by molar-refractivity contribution is -0.121.